The normalized spacial score (nSPS) is 18.0. The van der Waals surface area contributed by atoms with E-state index in [0.717, 1.165) is 12.8 Å². The third-order valence-electron chi connectivity index (χ3n) is 1.28. The molecule has 0 spiro atoms. The molecule has 1 aliphatic rings. The van der Waals surface area contributed by atoms with Gasteiger partial charge in [-0.1, -0.05) is 0 Å². The molecule has 0 saturated heterocycles. The van der Waals surface area contributed by atoms with E-state index in [1.54, 1.807) is 7.05 Å². The van der Waals surface area contributed by atoms with Gasteiger partial charge in [0.2, 0.25) is 0 Å². The molecule has 1 fully saturated rings. The monoisotopic (exact) mass is 131 g/mol. The van der Waals surface area contributed by atoms with Gasteiger partial charge in [-0.05, 0) is 12.8 Å². The Morgan fingerprint density at radius 1 is 1.78 bits per heavy atom. The average molecular weight is 131 g/mol. The van der Waals surface area contributed by atoms with Crippen LogP contribution in [-0.4, -0.2) is 29.4 Å². The van der Waals surface area contributed by atoms with Gasteiger partial charge in [0.25, 0.3) is 0 Å². The van der Waals surface area contributed by atoms with Crippen molar-refractivity contribution < 1.29 is 14.7 Å². The van der Waals surface area contributed by atoms with E-state index in [-0.39, 0.29) is 0 Å². The minimum atomic E-state index is -1.23. The molecule has 0 amide bonds. The van der Waals surface area contributed by atoms with Crippen molar-refractivity contribution in [3.8, 4) is 0 Å². The number of rotatable bonds is 2. The molecule has 1 aliphatic carbocycles. The summed E-state index contributed by atoms with van der Waals surface area (Å²) < 4.78 is 0. The van der Waals surface area contributed by atoms with Crippen molar-refractivity contribution in [2.45, 2.75) is 18.9 Å². The molecule has 1 N–H and O–H groups in total. The Morgan fingerprint density at radius 2 is 2.33 bits per heavy atom. The van der Waals surface area contributed by atoms with E-state index in [9.17, 15) is 4.79 Å². The van der Waals surface area contributed by atoms with E-state index in [0.29, 0.717) is 6.04 Å². The summed E-state index contributed by atoms with van der Waals surface area (Å²) in [6, 6.07) is 0.334. The lowest BCUT2D eigenvalue weighted by Crippen LogP contribution is -2.23. The first-order valence-corrected chi connectivity index (χ1v) is 2.84. The van der Waals surface area contributed by atoms with Crippen molar-refractivity contribution in [1.82, 2.24) is 5.06 Å². The molecular weight excluding hydrogens is 122 g/mol. The molecule has 9 heavy (non-hydrogen) atoms. The van der Waals surface area contributed by atoms with Gasteiger partial charge < -0.3 is 9.94 Å². The van der Waals surface area contributed by atoms with Crippen LogP contribution in [0.3, 0.4) is 0 Å². The third kappa shape index (κ3) is 1.89. The Kier molecular flexibility index (Phi) is 1.57. The van der Waals surface area contributed by atoms with Crippen LogP contribution in [-0.2, 0) is 4.84 Å². The van der Waals surface area contributed by atoms with Gasteiger partial charge in [-0.2, -0.15) is 0 Å². The van der Waals surface area contributed by atoms with Crippen molar-refractivity contribution in [2.75, 3.05) is 7.05 Å². The Balaban J connectivity index is 2.17. The number of hydrogen-bond acceptors (Lipinski definition) is 3. The quantitative estimate of drug-likeness (QED) is 0.560. The number of hydrogen-bond donors (Lipinski definition) is 1. The summed E-state index contributed by atoms with van der Waals surface area (Å²) in [5.41, 5.74) is 0. The highest BCUT2D eigenvalue weighted by atomic mass is 16.8. The molecule has 0 bridgehead atoms. The molecule has 0 aromatic carbocycles. The van der Waals surface area contributed by atoms with Gasteiger partial charge in [0.1, 0.15) is 0 Å². The SMILES string of the molecule is CN(OC(=O)O)C1CC1. The van der Waals surface area contributed by atoms with Gasteiger partial charge >= 0.3 is 6.16 Å². The maximum absolute atomic E-state index is 9.88. The van der Waals surface area contributed by atoms with Crippen LogP contribution in [0.25, 0.3) is 0 Å². The summed E-state index contributed by atoms with van der Waals surface area (Å²) in [6.45, 7) is 0. The zero-order chi connectivity index (χ0) is 6.85. The largest absolute Gasteiger partial charge is 0.525 e. The van der Waals surface area contributed by atoms with Crippen LogP contribution in [0, 0.1) is 0 Å². The molecule has 1 saturated carbocycles. The molecular formula is C5H9NO3. The Bertz CT molecular complexity index is 121. The van der Waals surface area contributed by atoms with Crippen LogP contribution in [0.2, 0.25) is 0 Å². The minimum Gasteiger partial charge on any atom is -0.448 e. The van der Waals surface area contributed by atoms with Crippen LogP contribution in [0.1, 0.15) is 12.8 Å². The van der Waals surface area contributed by atoms with Gasteiger partial charge in [0.15, 0.2) is 0 Å². The fraction of sp³-hybridized carbons (Fsp3) is 0.800. The number of hydroxylamine groups is 2. The Hall–Kier alpha value is -0.770. The molecule has 0 aromatic heterocycles. The third-order valence-corrected chi connectivity index (χ3v) is 1.28. The van der Waals surface area contributed by atoms with E-state index in [2.05, 4.69) is 4.84 Å². The summed E-state index contributed by atoms with van der Waals surface area (Å²) in [6.07, 6.45) is 0.859. The summed E-state index contributed by atoms with van der Waals surface area (Å²) in [7, 11) is 1.63. The lowest BCUT2D eigenvalue weighted by molar-refractivity contribution is -0.106. The fourth-order valence-corrected chi connectivity index (χ4v) is 0.636. The first kappa shape index (κ1) is 6.35. The summed E-state index contributed by atoms with van der Waals surface area (Å²) >= 11 is 0. The van der Waals surface area contributed by atoms with E-state index < -0.39 is 6.16 Å². The van der Waals surface area contributed by atoms with E-state index in [1.165, 1.54) is 5.06 Å². The highest BCUT2D eigenvalue weighted by Gasteiger charge is 2.28. The van der Waals surface area contributed by atoms with Crippen molar-refractivity contribution >= 4 is 6.16 Å². The van der Waals surface area contributed by atoms with Crippen LogP contribution in [0.5, 0.6) is 0 Å². The molecule has 0 unspecified atom stereocenters. The highest BCUT2D eigenvalue weighted by molar-refractivity contribution is 5.56. The molecule has 4 nitrogen and oxygen atoms in total. The van der Waals surface area contributed by atoms with Gasteiger partial charge in [0, 0.05) is 13.1 Å². The number of nitrogens with zero attached hydrogens (tertiary/aromatic N) is 1. The molecule has 0 atom stereocenters. The highest BCUT2D eigenvalue weighted by Crippen LogP contribution is 2.25. The fourth-order valence-electron chi connectivity index (χ4n) is 0.636. The topological polar surface area (TPSA) is 49.8 Å². The van der Waals surface area contributed by atoms with E-state index in [1.807, 2.05) is 0 Å². The zero-order valence-corrected chi connectivity index (χ0v) is 5.20. The predicted molar refractivity (Wildman–Crippen MR) is 29.9 cm³/mol. The molecule has 0 radical (unpaired) electrons. The lowest BCUT2D eigenvalue weighted by atomic mass is 10.7. The maximum atomic E-state index is 9.88. The molecule has 1 rings (SSSR count). The second kappa shape index (κ2) is 2.23. The number of carbonyl (C=O) groups is 1. The summed E-state index contributed by atoms with van der Waals surface area (Å²) in [5.74, 6) is 0. The summed E-state index contributed by atoms with van der Waals surface area (Å²) in [4.78, 5) is 14.2. The second-order valence-corrected chi connectivity index (χ2v) is 2.13. The predicted octanol–water partition coefficient (Wildman–Crippen LogP) is 0.690. The molecule has 0 aromatic rings. The zero-order valence-electron chi connectivity index (χ0n) is 5.20. The second-order valence-electron chi connectivity index (χ2n) is 2.13. The average Bonchev–Trinajstić information content (AvgIpc) is 2.40. The summed E-state index contributed by atoms with van der Waals surface area (Å²) in [5, 5.41) is 9.47. The van der Waals surface area contributed by atoms with Gasteiger partial charge in [0.05, 0.1) is 0 Å². The van der Waals surface area contributed by atoms with Crippen LogP contribution >= 0.6 is 0 Å². The van der Waals surface area contributed by atoms with Crippen molar-refractivity contribution in [3.63, 3.8) is 0 Å². The van der Waals surface area contributed by atoms with Crippen molar-refractivity contribution in [3.05, 3.63) is 0 Å². The molecule has 4 heteroatoms. The van der Waals surface area contributed by atoms with Crippen molar-refractivity contribution in [2.24, 2.45) is 0 Å². The first-order chi connectivity index (χ1) is 4.20. The van der Waals surface area contributed by atoms with Gasteiger partial charge in [-0.15, -0.1) is 5.06 Å². The van der Waals surface area contributed by atoms with Gasteiger partial charge in [-0.3, -0.25) is 0 Å². The smallest absolute Gasteiger partial charge is 0.448 e. The number of carboxylic acid groups (broad SMARTS) is 1. The van der Waals surface area contributed by atoms with Crippen molar-refractivity contribution in [1.29, 1.82) is 0 Å². The Labute approximate surface area is 53.0 Å². The van der Waals surface area contributed by atoms with Gasteiger partial charge in [-0.25, -0.2) is 4.79 Å². The standard InChI is InChI=1S/C5H9NO3/c1-6(4-2-3-4)9-5(7)8/h4H,2-3H2,1H3,(H,7,8). The molecule has 0 aliphatic heterocycles. The molecule has 0 heterocycles. The maximum Gasteiger partial charge on any atom is 0.525 e. The van der Waals surface area contributed by atoms with Crippen LogP contribution in [0.15, 0.2) is 0 Å². The van der Waals surface area contributed by atoms with Crippen LogP contribution < -0.4 is 0 Å². The first-order valence-electron chi connectivity index (χ1n) is 2.84. The lowest BCUT2D eigenvalue weighted by Gasteiger charge is -2.10. The molecule has 52 valence electrons. The van der Waals surface area contributed by atoms with Crippen LogP contribution in [0.4, 0.5) is 4.79 Å². The minimum absolute atomic E-state index is 0.334. The van der Waals surface area contributed by atoms with E-state index >= 15 is 0 Å². The van der Waals surface area contributed by atoms with E-state index in [4.69, 9.17) is 5.11 Å². The Morgan fingerprint density at radius 3 is 2.67 bits per heavy atom.